The van der Waals surface area contributed by atoms with Crippen LogP contribution < -0.4 is 0 Å². The van der Waals surface area contributed by atoms with E-state index < -0.39 is 17.4 Å². The van der Waals surface area contributed by atoms with Gasteiger partial charge < -0.3 is 0 Å². The van der Waals surface area contributed by atoms with E-state index in [1.807, 2.05) is 25.1 Å². The van der Waals surface area contributed by atoms with Crippen molar-refractivity contribution in [3.63, 3.8) is 0 Å². The molecule has 0 unspecified atom stereocenters. The lowest BCUT2D eigenvalue weighted by molar-refractivity contribution is 0.0988. The number of hydrogen-bond acceptors (Lipinski definition) is 1. The highest BCUT2D eigenvalue weighted by atomic mass is 35.5. The van der Waals surface area contributed by atoms with Crippen molar-refractivity contribution in [3.05, 3.63) is 69.7 Å². The molecule has 0 heterocycles. The summed E-state index contributed by atoms with van der Waals surface area (Å²) in [6, 6.07) is 8.99. The molecule has 0 atom stereocenters. The molecule has 0 aliphatic rings. The van der Waals surface area contributed by atoms with Gasteiger partial charge in [0.05, 0.1) is 10.6 Å². The number of benzene rings is 2. The third kappa shape index (κ3) is 3.18. The molecule has 0 aliphatic carbocycles. The molecule has 2 aromatic carbocycles. The summed E-state index contributed by atoms with van der Waals surface area (Å²) in [6.45, 7) is 1.90. The van der Waals surface area contributed by atoms with Crippen molar-refractivity contribution in [1.29, 1.82) is 0 Å². The first-order valence-corrected chi connectivity index (χ1v) is 6.08. The zero-order valence-electron chi connectivity index (χ0n) is 10.2. The minimum absolute atomic E-state index is 0.0275. The maximum Gasteiger partial charge on any atom is 0.170 e. The van der Waals surface area contributed by atoms with Gasteiger partial charge in [0.1, 0.15) is 11.6 Å². The van der Waals surface area contributed by atoms with Crippen molar-refractivity contribution in [3.8, 4) is 0 Å². The standard InChI is InChI=1S/C15H11ClF2O/c1-9-3-2-4-10(5-9)6-15(19)11-7-14(18)12(16)8-13(11)17/h2-5,7-8H,6H2,1H3. The van der Waals surface area contributed by atoms with Crippen molar-refractivity contribution < 1.29 is 13.6 Å². The fourth-order valence-electron chi connectivity index (χ4n) is 1.84. The zero-order valence-corrected chi connectivity index (χ0v) is 11.0. The molecule has 4 heteroatoms. The van der Waals surface area contributed by atoms with Crippen LogP contribution in [-0.4, -0.2) is 5.78 Å². The van der Waals surface area contributed by atoms with Crippen molar-refractivity contribution in [2.24, 2.45) is 0 Å². The molecule has 0 N–H and O–H groups in total. The van der Waals surface area contributed by atoms with Crippen LogP contribution in [0.25, 0.3) is 0 Å². The molecule has 0 saturated heterocycles. The maximum atomic E-state index is 13.6. The molecule has 19 heavy (non-hydrogen) atoms. The number of halogens is 3. The Morgan fingerprint density at radius 2 is 1.89 bits per heavy atom. The second-order valence-electron chi connectivity index (χ2n) is 4.34. The molecular weight excluding hydrogens is 270 g/mol. The van der Waals surface area contributed by atoms with Crippen LogP contribution in [0.4, 0.5) is 8.78 Å². The zero-order chi connectivity index (χ0) is 14.0. The Labute approximate surface area is 114 Å². The van der Waals surface area contributed by atoms with Gasteiger partial charge in [-0.25, -0.2) is 8.78 Å². The van der Waals surface area contributed by atoms with Gasteiger partial charge in [0, 0.05) is 6.42 Å². The predicted molar refractivity (Wildman–Crippen MR) is 70.6 cm³/mol. The van der Waals surface area contributed by atoms with Gasteiger partial charge >= 0.3 is 0 Å². The van der Waals surface area contributed by atoms with Gasteiger partial charge in [0.2, 0.25) is 0 Å². The van der Waals surface area contributed by atoms with E-state index in [4.69, 9.17) is 11.6 Å². The topological polar surface area (TPSA) is 17.1 Å². The number of rotatable bonds is 3. The lowest BCUT2D eigenvalue weighted by atomic mass is 10.0. The molecule has 0 saturated carbocycles. The summed E-state index contributed by atoms with van der Waals surface area (Å²) < 4.78 is 26.9. The first-order chi connectivity index (χ1) is 8.97. The third-order valence-electron chi connectivity index (χ3n) is 2.76. The average Bonchev–Trinajstić information content (AvgIpc) is 2.33. The number of carbonyl (C=O) groups excluding carboxylic acids is 1. The highest BCUT2D eigenvalue weighted by molar-refractivity contribution is 6.30. The first kappa shape index (κ1) is 13.7. The van der Waals surface area contributed by atoms with Crippen LogP contribution in [-0.2, 0) is 6.42 Å². The third-order valence-corrected chi connectivity index (χ3v) is 3.05. The van der Waals surface area contributed by atoms with E-state index in [0.29, 0.717) is 0 Å². The van der Waals surface area contributed by atoms with E-state index in [1.54, 1.807) is 6.07 Å². The summed E-state index contributed by atoms with van der Waals surface area (Å²) in [4.78, 5) is 12.0. The van der Waals surface area contributed by atoms with Gasteiger partial charge in [-0.2, -0.15) is 0 Å². The van der Waals surface area contributed by atoms with E-state index in [1.165, 1.54) is 0 Å². The van der Waals surface area contributed by atoms with Gasteiger partial charge in [0.15, 0.2) is 5.78 Å². The molecule has 0 radical (unpaired) electrons. The lowest BCUT2D eigenvalue weighted by Crippen LogP contribution is -2.07. The number of hydrogen-bond donors (Lipinski definition) is 0. The second-order valence-corrected chi connectivity index (χ2v) is 4.74. The van der Waals surface area contributed by atoms with Crippen molar-refractivity contribution >= 4 is 17.4 Å². The molecule has 0 aromatic heterocycles. The molecule has 0 amide bonds. The van der Waals surface area contributed by atoms with E-state index in [-0.39, 0.29) is 17.0 Å². The molecule has 2 rings (SSSR count). The van der Waals surface area contributed by atoms with Crippen molar-refractivity contribution in [2.75, 3.05) is 0 Å². The fourth-order valence-corrected chi connectivity index (χ4v) is 1.99. The smallest absolute Gasteiger partial charge is 0.170 e. The Morgan fingerprint density at radius 1 is 1.16 bits per heavy atom. The summed E-state index contributed by atoms with van der Waals surface area (Å²) in [7, 11) is 0. The predicted octanol–water partition coefficient (Wildman–Crippen LogP) is 4.35. The van der Waals surface area contributed by atoms with Gasteiger partial charge in [-0.3, -0.25) is 4.79 Å². The first-order valence-electron chi connectivity index (χ1n) is 5.70. The minimum atomic E-state index is -0.802. The lowest BCUT2D eigenvalue weighted by Gasteiger charge is -2.05. The molecule has 0 bridgehead atoms. The van der Waals surface area contributed by atoms with Crippen LogP contribution in [0.2, 0.25) is 5.02 Å². The minimum Gasteiger partial charge on any atom is -0.294 e. The summed E-state index contributed by atoms with van der Waals surface area (Å²) >= 11 is 5.45. The number of ketones is 1. The van der Waals surface area contributed by atoms with E-state index in [2.05, 4.69) is 0 Å². The highest BCUT2D eigenvalue weighted by Gasteiger charge is 2.15. The van der Waals surface area contributed by atoms with Crippen LogP contribution in [0.15, 0.2) is 36.4 Å². The summed E-state index contributed by atoms with van der Waals surface area (Å²) in [5, 5.41) is -0.329. The molecular formula is C15H11ClF2O. The Kier molecular flexibility index (Phi) is 3.96. The van der Waals surface area contributed by atoms with Crippen LogP contribution in [0.3, 0.4) is 0 Å². The Bertz CT molecular complexity index is 638. The Morgan fingerprint density at radius 3 is 2.58 bits per heavy atom. The maximum absolute atomic E-state index is 13.6. The molecule has 98 valence electrons. The molecule has 0 fully saturated rings. The summed E-state index contributed by atoms with van der Waals surface area (Å²) in [6.07, 6.45) is 0.0275. The number of Topliss-reactive ketones (excluding diaryl/α,β-unsaturated/α-hetero) is 1. The molecule has 0 spiro atoms. The average molecular weight is 281 g/mol. The van der Waals surface area contributed by atoms with Crippen molar-refractivity contribution in [2.45, 2.75) is 13.3 Å². The quantitative estimate of drug-likeness (QED) is 0.603. The fraction of sp³-hybridized carbons (Fsp3) is 0.133. The van der Waals surface area contributed by atoms with E-state index >= 15 is 0 Å². The largest absolute Gasteiger partial charge is 0.294 e. The van der Waals surface area contributed by atoms with Gasteiger partial charge in [-0.15, -0.1) is 0 Å². The SMILES string of the molecule is Cc1cccc(CC(=O)c2cc(F)c(Cl)cc2F)c1. The summed E-state index contributed by atoms with van der Waals surface area (Å²) in [5.74, 6) is -2.07. The van der Waals surface area contributed by atoms with Crippen LogP contribution >= 0.6 is 11.6 Å². The van der Waals surface area contributed by atoms with Gasteiger partial charge in [0.25, 0.3) is 0 Å². The van der Waals surface area contributed by atoms with Gasteiger partial charge in [-0.1, -0.05) is 41.4 Å². The van der Waals surface area contributed by atoms with E-state index in [0.717, 1.165) is 23.3 Å². The van der Waals surface area contributed by atoms with Gasteiger partial charge in [-0.05, 0) is 24.6 Å². The normalized spacial score (nSPS) is 10.5. The van der Waals surface area contributed by atoms with Crippen LogP contribution in [0.5, 0.6) is 0 Å². The van der Waals surface area contributed by atoms with Crippen LogP contribution in [0.1, 0.15) is 21.5 Å². The molecule has 2 aromatic rings. The number of carbonyl (C=O) groups is 1. The second kappa shape index (κ2) is 5.49. The van der Waals surface area contributed by atoms with E-state index in [9.17, 15) is 13.6 Å². The van der Waals surface area contributed by atoms with Crippen molar-refractivity contribution in [1.82, 2.24) is 0 Å². The Hall–Kier alpha value is -1.74. The Balaban J connectivity index is 2.28. The molecule has 0 aliphatic heterocycles. The highest BCUT2D eigenvalue weighted by Crippen LogP contribution is 2.20. The number of aryl methyl sites for hydroxylation is 1. The molecule has 1 nitrogen and oxygen atoms in total. The summed E-state index contributed by atoms with van der Waals surface area (Å²) in [5.41, 5.74) is 1.50. The monoisotopic (exact) mass is 280 g/mol. The van der Waals surface area contributed by atoms with Crippen LogP contribution in [0, 0.1) is 18.6 Å².